The minimum atomic E-state index is -0.480. The van der Waals surface area contributed by atoms with E-state index in [1.165, 1.54) is 16.6 Å². The molecular formula is C19H13ClFN5O2S. The molecule has 4 rings (SSSR count). The fraction of sp³-hybridized carbons (Fsp3) is 0.0526. The van der Waals surface area contributed by atoms with E-state index in [1.807, 2.05) is 0 Å². The topological polar surface area (TPSA) is 92.2 Å². The lowest BCUT2D eigenvalue weighted by Gasteiger charge is -2.08. The molecule has 0 saturated carbocycles. The average Bonchev–Trinajstić information content (AvgIpc) is 3.08. The van der Waals surface area contributed by atoms with Crippen molar-refractivity contribution in [3.63, 3.8) is 0 Å². The number of aromatic nitrogens is 4. The first kappa shape index (κ1) is 19.2. The molecular weight excluding hydrogens is 417 g/mol. The number of hydrogen-bond donors (Lipinski definition) is 2. The SMILES string of the molecule is O=C(CSc1nc(-c2ccccc2F)nc2cc(=O)[nH]n12)Nc1ccc(Cl)cc1. The number of thioether (sulfide) groups is 1. The molecule has 2 aromatic heterocycles. The highest BCUT2D eigenvalue weighted by Crippen LogP contribution is 2.23. The van der Waals surface area contributed by atoms with E-state index in [4.69, 9.17) is 11.6 Å². The van der Waals surface area contributed by atoms with Crippen LogP contribution in [0.2, 0.25) is 5.02 Å². The van der Waals surface area contributed by atoms with Gasteiger partial charge in [-0.1, -0.05) is 35.5 Å². The molecule has 10 heteroatoms. The van der Waals surface area contributed by atoms with Crippen LogP contribution in [0.3, 0.4) is 0 Å². The standard InChI is InChI=1S/C19H13ClFN5O2S/c20-11-5-7-12(8-6-11)22-17(28)10-29-19-24-18(13-3-1-2-4-14(13)21)23-15-9-16(27)25-26(15)19/h1-9H,10H2,(H,22,28)(H,25,27). The van der Waals surface area contributed by atoms with Gasteiger partial charge in [-0.05, 0) is 36.4 Å². The highest BCUT2D eigenvalue weighted by Gasteiger charge is 2.15. The summed E-state index contributed by atoms with van der Waals surface area (Å²) in [6.07, 6.45) is 0. The van der Waals surface area contributed by atoms with Crippen LogP contribution in [-0.4, -0.2) is 31.2 Å². The molecule has 2 N–H and O–H groups in total. The number of benzene rings is 2. The van der Waals surface area contributed by atoms with Gasteiger partial charge in [-0.25, -0.2) is 18.9 Å². The van der Waals surface area contributed by atoms with Crippen LogP contribution < -0.4 is 10.9 Å². The smallest absolute Gasteiger partial charge is 0.266 e. The Balaban J connectivity index is 1.60. The van der Waals surface area contributed by atoms with Crippen molar-refractivity contribution in [1.29, 1.82) is 0 Å². The number of carbonyl (C=O) groups is 1. The van der Waals surface area contributed by atoms with Crippen molar-refractivity contribution in [3.05, 3.63) is 75.8 Å². The number of fused-ring (bicyclic) bond motifs is 1. The minimum Gasteiger partial charge on any atom is -0.325 e. The molecule has 7 nitrogen and oxygen atoms in total. The van der Waals surface area contributed by atoms with Crippen molar-refractivity contribution in [1.82, 2.24) is 19.6 Å². The molecule has 0 atom stereocenters. The second kappa shape index (κ2) is 8.06. The normalized spacial score (nSPS) is 11.0. The van der Waals surface area contributed by atoms with Gasteiger partial charge in [0.05, 0.1) is 11.3 Å². The van der Waals surface area contributed by atoms with E-state index in [1.54, 1.807) is 42.5 Å². The number of anilines is 1. The van der Waals surface area contributed by atoms with Crippen molar-refractivity contribution in [2.45, 2.75) is 5.16 Å². The number of amides is 1. The summed E-state index contributed by atoms with van der Waals surface area (Å²) >= 11 is 6.92. The third kappa shape index (κ3) is 4.30. The first-order valence-corrected chi connectivity index (χ1v) is 9.79. The molecule has 0 bridgehead atoms. The monoisotopic (exact) mass is 429 g/mol. The van der Waals surface area contributed by atoms with Crippen LogP contribution in [-0.2, 0) is 4.79 Å². The third-order valence-electron chi connectivity index (χ3n) is 3.90. The number of hydrogen-bond acceptors (Lipinski definition) is 5. The van der Waals surface area contributed by atoms with E-state index in [0.29, 0.717) is 15.9 Å². The van der Waals surface area contributed by atoms with Gasteiger partial charge in [-0.15, -0.1) is 0 Å². The molecule has 29 heavy (non-hydrogen) atoms. The third-order valence-corrected chi connectivity index (χ3v) is 5.09. The Hall–Kier alpha value is -3.17. The molecule has 4 aromatic rings. The van der Waals surface area contributed by atoms with Gasteiger partial charge in [0.15, 0.2) is 16.6 Å². The summed E-state index contributed by atoms with van der Waals surface area (Å²) in [5, 5.41) is 6.19. The lowest BCUT2D eigenvalue weighted by molar-refractivity contribution is -0.113. The molecule has 0 fully saturated rings. The Bertz CT molecular complexity index is 1260. The van der Waals surface area contributed by atoms with Crippen LogP contribution in [0, 0.1) is 5.82 Å². The predicted octanol–water partition coefficient (Wildman–Crippen LogP) is 3.61. The van der Waals surface area contributed by atoms with Crippen LogP contribution in [0.25, 0.3) is 17.0 Å². The zero-order valence-electron chi connectivity index (χ0n) is 14.7. The van der Waals surface area contributed by atoms with Crippen LogP contribution >= 0.6 is 23.4 Å². The van der Waals surface area contributed by atoms with E-state index in [9.17, 15) is 14.0 Å². The van der Waals surface area contributed by atoms with Gasteiger partial charge in [-0.3, -0.25) is 14.7 Å². The molecule has 0 saturated heterocycles. The largest absolute Gasteiger partial charge is 0.325 e. The Labute approximate surface area is 172 Å². The number of nitrogens with zero attached hydrogens (tertiary/aromatic N) is 3. The number of halogens is 2. The zero-order valence-corrected chi connectivity index (χ0v) is 16.3. The summed E-state index contributed by atoms with van der Waals surface area (Å²) in [4.78, 5) is 32.6. The Kier molecular flexibility index (Phi) is 5.32. The average molecular weight is 430 g/mol. The number of rotatable bonds is 5. The van der Waals surface area contributed by atoms with E-state index >= 15 is 0 Å². The molecule has 0 radical (unpaired) electrons. The summed E-state index contributed by atoms with van der Waals surface area (Å²) in [5.41, 5.74) is 0.715. The van der Waals surface area contributed by atoms with Gasteiger partial charge in [0, 0.05) is 16.8 Å². The van der Waals surface area contributed by atoms with Crippen molar-refractivity contribution in [2.24, 2.45) is 0 Å². The summed E-state index contributed by atoms with van der Waals surface area (Å²) in [6.45, 7) is 0. The number of aromatic amines is 1. The van der Waals surface area contributed by atoms with Crippen LogP contribution in [0.5, 0.6) is 0 Å². The van der Waals surface area contributed by atoms with Gasteiger partial charge in [0.1, 0.15) is 5.82 Å². The summed E-state index contributed by atoms with van der Waals surface area (Å²) < 4.78 is 15.5. The first-order chi connectivity index (χ1) is 14.0. The fourth-order valence-electron chi connectivity index (χ4n) is 2.60. The summed E-state index contributed by atoms with van der Waals surface area (Å²) in [7, 11) is 0. The fourth-order valence-corrected chi connectivity index (χ4v) is 3.48. The van der Waals surface area contributed by atoms with E-state index in [0.717, 1.165) is 11.8 Å². The van der Waals surface area contributed by atoms with E-state index in [-0.39, 0.29) is 34.3 Å². The van der Waals surface area contributed by atoms with Crippen LogP contribution in [0.1, 0.15) is 0 Å². The Morgan fingerprint density at radius 3 is 2.69 bits per heavy atom. The zero-order chi connectivity index (χ0) is 20.4. The highest BCUT2D eigenvalue weighted by atomic mass is 35.5. The number of carbonyl (C=O) groups excluding carboxylic acids is 1. The van der Waals surface area contributed by atoms with Crippen LogP contribution in [0.4, 0.5) is 10.1 Å². The van der Waals surface area contributed by atoms with Crippen molar-refractivity contribution < 1.29 is 9.18 Å². The molecule has 0 aliphatic rings. The van der Waals surface area contributed by atoms with Gasteiger partial charge in [-0.2, -0.15) is 0 Å². The van der Waals surface area contributed by atoms with E-state index in [2.05, 4.69) is 20.4 Å². The second-order valence-electron chi connectivity index (χ2n) is 5.97. The Morgan fingerprint density at radius 2 is 1.93 bits per heavy atom. The number of H-pyrrole nitrogens is 1. The molecule has 0 aliphatic carbocycles. The minimum absolute atomic E-state index is 0.0195. The van der Waals surface area contributed by atoms with Gasteiger partial charge in [0.2, 0.25) is 5.91 Å². The van der Waals surface area contributed by atoms with Crippen LogP contribution in [0.15, 0.2) is 64.5 Å². The second-order valence-corrected chi connectivity index (χ2v) is 7.35. The van der Waals surface area contributed by atoms with Gasteiger partial charge in [0.25, 0.3) is 5.56 Å². The lowest BCUT2D eigenvalue weighted by atomic mass is 10.2. The van der Waals surface area contributed by atoms with Gasteiger partial charge < -0.3 is 5.32 Å². The predicted molar refractivity (Wildman–Crippen MR) is 110 cm³/mol. The molecule has 2 aromatic carbocycles. The highest BCUT2D eigenvalue weighted by molar-refractivity contribution is 7.99. The molecule has 1 amide bonds. The summed E-state index contributed by atoms with van der Waals surface area (Å²) in [5.74, 6) is -0.606. The number of nitrogens with one attached hydrogen (secondary N) is 2. The maximum atomic E-state index is 14.2. The lowest BCUT2D eigenvalue weighted by Crippen LogP contribution is -2.15. The molecule has 0 aliphatic heterocycles. The van der Waals surface area contributed by atoms with E-state index < -0.39 is 5.82 Å². The maximum absolute atomic E-state index is 14.2. The Morgan fingerprint density at radius 1 is 1.17 bits per heavy atom. The van der Waals surface area contributed by atoms with Crippen molar-refractivity contribution in [2.75, 3.05) is 11.1 Å². The maximum Gasteiger partial charge on any atom is 0.266 e. The summed E-state index contributed by atoms with van der Waals surface area (Å²) in [6, 6.07) is 14.1. The molecule has 146 valence electrons. The van der Waals surface area contributed by atoms with Crippen molar-refractivity contribution >= 4 is 40.6 Å². The molecule has 0 spiro atoms. The van der Waals surface area contributed by atoms with Gasteiger partial charge >= 0.3 is 0 Å². The molecule has 0 unspecified atom stereocenters. The quantitative estimate of drug-likeness (QED) is 0.473. The molecule has 2 heterocycles. The first-order valence-electron chi connectivity index (χ1n) is 8.42. The van der Waals surface area contributed by atoms with Crippen molar-refractivity contribution in [3.8, 4) is 11.4 Å².